The Kier molecular flexibility index (Phi) is 4.69. The van der Waals surface area contributed by atoms with E-state index < -0.39 is 5.97 Å². The number of amides is 1. The highest BCUT2D eigenvalue weighted by Gasteiger charge is 2.25. The van der Waals surface area contributed by atoms with E-state index in [0.717, 1.165) is 17.3 Å². The molecule has 0 radical (unpaired) electrons. The largest absolute Gasteiger partial charge is 0.481 e. The average molecular weight is 297 g/mol. The van der Waals surface area contributed by atoms with Gasteiger partial charge in [-0.1, -0.05) is 25.6 Å². The predicted molar refractivity (Wildman–Crippen MR) is 76.0 cm³/mol. The molecule has 2 heterocycles. The molecule has 1 aliphatic rings. The molecule has 1 atom stereocenters. The van der Waals surface area contributed by atoms with Crippen molar-refractivity contribution in [3.63, 3.8) is 0 Å². The van der Waals surface area contributed by atoms with E-state index in [4.69, 9.17) is 5.11 Å². The minimum atomic E-state index is -0.854. The fourth-order valence-electron chi connectivity index (χ4n) is 2.32. The lowest BCUT2D eigenvalue weighted by Gasteiger charge is -2.27. The van der Waals surface area contributed by atoms with Crippen LogP contribution in [0.15, 0.2) is 11.4 Å². The van der Waals surface area contributed by atoms with Crippen molar-refractivity contribution in [3.8, 4) is 0 Å². The molecule has 0 spiro atoms. The lowest BCUT2D eigenvalue weighted by molar-refractivity contribution is -0.134. The van der Waals surface area contributed by atoms with Gasteiger partial charge in [-0.25, -0.2) is 4.98 Å². The van der Waals surface area contributed by atoms with E-state index in [2.05, 4.69) is 28.7 Å². The van der Waals surface area contributed by atoms with Crippen LogP contribution in [0.4, 0.5) is 0 Å². The molecular formula is C13H19N3O3S. The Hall–Kier alpha value is -1.50. The van der Waals surface area contributed by atoms with Crippen molar-refractivity contribution in [2.75, 3.05) is 12.3 Å². The van der Waals surface area contributed by atoms with E-state index in [9.17, 15) is 9.59 Å². The summed E-state index contributed by atoms with van der Waals surface area (Å²) >= 11 is 1.23. The molecule has 2 N–H and O–H groups in total. The fourth-order valence-corrected chi connectivity index (χ4v) is 3.10. The monoisotopic (exact) mass is 297 g/mol. The second kappa shape index (κ2) is 6.30. The molecular weight excluding hydrogens is 278 g/mol. The number of imidazole rings is 1. The number of carbonyl (C=O) groups is 2. The average Bonchev–Trinajstić information content (AvgIpc) is 2.81. The van der Waals surface area contributed by atoms with Crippen LogP contribution >= 0.6 is 11.8 Å². The van der Waals surface area contributed by atoms with Crippen molar-refractivity contribution in [1.29, 1.82) is 0 Å². The van der Waals surface area contributed by atoms with Crippen LogP contribution in [0.5, 0.6) is 0 Å². The number of aromatic nitrogens is 2. The molecule has 7 heteroatoms. The molecule has 0 aliphatic carbocycles. The summed E-state index contributed by atoms with van der Waals surface area (Å²) in [5.41, 5.74) is 1.08. The number of hydrogen-bond donors (Lipinski definition) is 2. The summed E-state index contributed by atoms with van der Waals surface area (Å²) in [4.78, 5) is 26.4. The molecule has 6 nitrogen and oxygen atoms in total. The van der Waals surface area contributed by atoms with Gasteiger partial charge >= 0.3 is 5.97 Å². The van der Waals surface area contributed by atoms with Gasteiger partial charge in [0.15, 0.2) is 5.16 Å². The fraction of sp³-hybridized carbons (Fsp3) is 0.615. The van der Waals surface area contributed by atoms with Crippen LogP contribution in [0.3, 0.4) is 0 Å². The van der Waals surface area contributed by atoms with Gasteiger partial charge in [0.1, 0.15) is 0 Å². The summed E-state index contributed by atoms with van der Waals surface area (Å²) in [6.07, 6.45) is 3.08. The number of piperidine rings is 1. The number of nitrogens with zero attached hydrogens (tertiary/aromatic N) is 2. The standard InChI is InChI=1S/C13H19N3O3S/c1-8(2)10-6-15-13(20-7-12(18)19)16(10)9-3-4-11(17)14-5-9/h6,8-9H,3-5,7H2,1-2H3,(H,14,17)(H,18,19). The molecule has 1 saturated heterocycles. The predicted octanol–water partition coefficient (Wildman–Crippen LogP) is 1.63. The number of aliphatic carboxylic acids is 1. The van der Waals surface area contributed by atoms with Gasteiger partial charge < -0.3 is 15.0 Å². The SMILES string of the molecule is CC(C)c1cnc(SCC(=O)O)n1C1CCC(=O)NC1. The van der Waals surface area contributed by atoms with Crippen molar-refractivity contribution in [3.05, 3.63) is 11.9 Å². The van der Waals surface area contributed by atoms with Crippen LogP contribution in [0.25, 0.3) is 0 Å². The molecule has 110 valence electrons. The van der Waals surface area contributed by atoms with E-state index in [1.807, 2.05) is 6.20 Å². The van der Waals surface area contributed by atoms with Gasteiger partial charge in [-0.15, -0.1) is 0 Å². The Balaban J connectivity index is 2.24. The molecule has 0 bridgehead atoms. The molecule has 1 aromatic heterocycles. The zero-order valence-corrected chi connectivity index (χ0v) is 12.4. The molecule has 2 rings (SSSR count). The molecule has 1 amide bonds. The highest BCUT2D eigenvalue weighted by molar-refractivity contribution is 7.99. The Morgan fingerprint density at radius 2 is 2.40 bits per heavy atom. The molecule has 0 aromatic carbocycles. The van der Waals surface area contributed by atoms with Crippen LogP contribution in [0.2, 0.25) is 0 Å². The van der Waals surface area contributed by atoms with Crippen molar-refractivity contribution in [2.24, 2.45) is 0 Å². The third-order valence-electron chi connectivity index (χ3n) is 3.31. The van der Waals surface area contributed by atoms with Crippen LogP contribution in [-0.4, -0.2) is 38.8 Å². The first-order chi connectivity index (χ1) is 9.49. The maximum absolute atomic E-state index is 11.3. The number of thioether (sulfide) groups is 1. The minimum Gasteiger partial charge on any atom is -0.481 e. The molecule has 20 heavy (non-hydrogen) atoms. The molecule has 1 aliphatic heterocycles. The third-order valence-corrected chi connectivity index (χ3v) is 4.26. The van der Waals surface area contributed by atoms with Crippen LogP contribution in [-0.2, 0) is 9.59 Å². The van der Waals surface area contributed by atoms with Crippen LogP contribution in [0.1, 0.15) is 44.3 Å². The summed E-state index contributed by atoms with van der Waals surface area (Å²) in [5, 5.41) is 12.4. The van der Waals surface area contributed by atoms with E-state index >= 15 is 0 Å². The number of carbonyl (C=O) groups excluding carboxylic acids is 1. The van der Waals surface area contributed by atoms with E-state index in [1.165, 1.54) is 11.8 Å². The molecule has 0 saturated carbocycles. The van der Waals surface area contributed by atoms with Crippen molar-refractivity contribution < 1.29 is 14.7 Å². The van der Waals surface area contributed by atoms with Gasteiger partial charge in [-0.3, -0.25) is 9.59 Å². The first-order valence-corrected chi connectivity index (χ1v) is 7.66. The Labute approximate surface area is 122 Å². The maximum Gasteiger partial charge on any atom is 0.313 e. The second-order valence-electron chi connectivity index (χ2n) is 5.17. The highest BCUT2D eigenvalue weighted by atomic mass is 32.2. The van der Waals surface area contributed by atoms with E-state index in [1.54, 1.807) is 0 Å². The summed E-state index contributed by atoms with van der Waals surface area (Å²) in [5.74, 6) is -0.479. The quantitative estimate of drug-likeness (QED) is 0.807. The Morgan fingerprint density at radius 1 is 1.65 bits per heavy atom. The van der Waals surface area contributed by atoms with Gasteiger partial charge in [0.2, 0.25) is 5.91 Å². The van der Waals surface area contributed by atoms with Crippen LogP contribution < -0.4 is 5.32 Å². The smallest absolute Gasteiger partial charge is 0.313 e. The molecule has 1 fully saturated rings. The minimum absolute atomic E-state index is 0.00632. The second-order valence-corrected chi connectivity index (χ2v) is 6.11. The lowest BCUT2D eigenvalue weighted by atomic mass is 10.0. The molecule has 1 unspecified atom stereocenters. The Morgan fingerprint density at radius 3 is 2.95 bits per heavy atom. The highest BCUT2D eigenvalue weighted by Crippen LogP contribution is 2.30. The first-order valence-electron chi connectivity index (χ1n) is 6.67. The number of rotatable bonds is 5. The Bertz CT molecular complexity index is 503. The summed E-state index contributed by atoms with van der Waals surface area (Å²) in [7, 11) is 0. The summed E-state index contributed by atoms with van der Waals surface area (Å²) in [6, 6.07) is 0.156. The normalized spacial score (nSPS) is 19.1. The first kappa shape index (κ1) is 14.9. The van der Waals surface area contributed by atoms with Gasteiger partial charge in [-0.05, 0) is 12.3 Å². The maximum atomic E-state index is 11.3. The van der Waals surface area contributed by atoms with Gasteiger partial charge in [-0.2, -0.15) is 0 Å². The van der Waals surface area contributed by atoms with Crippen molar-refractivity contribution in [2.45, 2.75) is 43.8 Å². The number of nitrogens with one attached hydrogen (secondary N) is 1. The third kappa shape index (κ3) is 3.33. The summed E-state index contributed by atoms with van der Waals surface area (Å²) < 4.78 is 2.09. The van der Waals surface area contributed by atoms with Gasteiger partial charge in [0.05, 0.1) is 11.8 Å². The zero-order valence-electron chi connectivity index (χ0n) is 11.6. The number of carboxylic acid groups (broad SMARTS) is 1. The van der Waals surface area contributed by atoms with E-state index in [-0.39, 0.29) is 17.7 Å². The summed E-state index contributed by atoms with van der Waals surface area (Å²) in [6.45, 7) is 4.75. The van der Waals surface area contributed by atoms with Gasteiger partial charge in [0.25, 0.3) is 0 Å². The van der Waals surface area contributed by atoms with E-state index in [0.29, 0.717) is 18.9 Å². The number of hydrogen-bond acceptors (Lipinski definition) is 4. The van der Waals surface area contributed by atoms with Crippen molar-refractivity contribution in [1.82, 2.24) is 14.9 Å². The molecule has 1 aromatic rings. The lowest BCUT2D eigenvalue weighted by Crippen LogP contribution is -2.37. The van der Waals surface area contributed by atoms with Gasteiger partial charge in [0, 0.05) is 24.9 Å². The topological polar surface area (TPSA) is 84.2 Å². The van der Waals surface area contributed by atoms with Crippen molar-refractivity contribution >= 4 is 23.6 Å². The van der Waals surface area contributed by atoms with Crippen LogP contribution in [0, 0.1) is 0 Å². The zero-order chi connectivity index (χ0) is 14.7. The number of carboxylic acids is 1.